The predicted octanol–water partition coefficient (Wildman–Crippen LogP) is 4.84. The van der Waals surface area contributed by atoms with Gasteiger partial charge in [-0.05, 0) is 54.4 Å². The van der Waals surface area contributed by atoms with E-state index in [4.69, 9.17) is 13.9 Å². The van der Waals surface area contributed by atoms with Crippen LogP contribution < -0.4 is 10.1 Å². The zero-order valence-corrected chi connectivity index (χ0v) is 17.1. The lowest BCUT2D eigenvalue weighted by Gasteiger charge is -2.15. The SMILES string of the molecule is CC(Oc1ccc(Br)cc1)C(=O)NCc1cccc(COCc2ccco2)c1. The Morgan fingerprint density at radius 2 is 1.86 bits per heavy atom. The molecule has 0 aliphatic heterocycles. The fourth-order valence-corrected chi connectivity index (χ4v) is 2.86. The van der Waals surface area contributed by atoms with Crippen molar-refractivity contribution in [1.29, 1.82) is 0 Å². The molecule has 0 aliphatic carbocycles. The maximum absolute atomic E-state index is 12.3. The first kappa shape index (κ1) is 20.2. The number of ether oxygens (including phenoxy) is 2. The molecule has 3 aromatic rings. The van der Waals surface area contributed by atoms with E-state index in [1.807, 2.05) is 60.7 Å². The van der Waals surface area contributed by atoms with E-state index in [0.29, 0.717) is 25.5 Å². The van der Waals surface area contributed by atoms with Gasteiger partial charge in [0.25, 0.3) is 5.91 Å². The summed E-state index contributed by atoms with van der Waals surface area (Å²) >= 11 is 3.37. The Morgan fingerprint density at radius 3 is 2.61 bits per heavy atom. The predicted molar refractivity (Wildman–Crippen MR) is 110 cm³/mol. The van der Waals surface area contributed by atoms with Gasteiger partial charge < -0.3 is 19.2 Å². The van der Waals surface area contributed by atoms with E-state index in [2.05, 4.69) is 21.2 Å². The number of carbonyl (C=O) groups is 1. The smallest absolute Gasteiger partial charge is 0.261 e. The molecule has 1 atom stereocenters. The number of furan rings is 1. The maximum Gasteiger partial charge on any atom is 0.261 e. The highest BCUT2D eigenvalue weighted by Gasteiger charge is 2.14. The van der Waals surface area contributed by atoms with Crippen LogP contribution in [0.5, 0.6) is 5.75 Å². The number of hydrogen-bond acceptors (Lipinski definition) is 4. The van der Waals surface area contributed by atoms with Gasteiger partial charge in [0.05, 0.1) is 12.9 Å². The molecule has 1 N–H and O–H groups in total. The second-order valence-electron chi connectivity index (χ2n) is 6.32. The molecule has 0 bridgehead atoms. The molecule has 0 fully saturated rings. The van der Waals surface area contributed by atoms with Crippen LogP contribution in [0.15, 0.2) is 75.8 Å². The van der Waals surface area contributed by atoms with Crippen molar-refractivity contribution >= 4 is 21.8 Å². The van der Waals surface area contributed by atoms with Gasteiger partial charge in [0.2, 0.25) is 0 Å². The number of hydrogen-bond donors (Lipinski definition) is 1. The van der Waals surface area contributed by atoms with Crippen molar-refractivity contribution < 1.29 is 18.7 Å². The number of halogens is 1. The van der Waals surface area contributed by atoms with Crippen molar-refractivity contribution in [3.8, 4) is 5.75 Å². The molecule has 3 rings (SSSR count). The Hall–Kier alpha value is -2.57. The molecule has 0 saturated carbocycles. The summed E-state index contributed by atoms with van der Waals surface area (Å²) in [7, 11) is 0. The molecular weight excluding hydrogens is 422 g/mol. The molecule has 0 radical (unpaired) electrons. The van der Waals surface area contributed by atoms with Gasteiger partial charge in [0.1, 0.15) is 18.1 Å². The van der Waals surface area contributed by atoms with Gasteiger partial charge in [0, 0.05) is 11.0 Å². The van der Waals surface area contributed by atoms with Crippen molar-refractivity contribution in [3.05, 3.63) is 88.3 Å². The van der Waals surface area contributed by atoms with Crippen LogP contribution in [0.25, 0.3) is 0 Å². The zero-order valence-electron chi connectivity index (χ0n) is 15.6. The van der Waals surface area contributed by atoms with E-state index in [-0.39, 0.29) is 5.91 Å². The molecule has 1 unspecified atom stereocenters. The summed E-state index contributed by atoms with van der Waals surface area (Å²) in [5.74, 6) is 1.28. The third-order valence-electron chi connectivity index (χ3n) is 4.05. The lowest BCUT2D eigenvalue weighted by atomic mass is 10.1. The first-order chi connectivity index (χ1) is 13.6. The van der Waals surface area contributed by atoms with Crippen LogP contribution in [0.3, 0.4) is 0 Å². The van der Waals surface area contributed by atoms with Gasteiger partial charge in [-0.3, -0.25) is 4.79 Å². The van der Waals surface area contributed by atoms with Crippen LogP contribution in [0, 0.1) is 0 Å². The summed E-state index contributed by atoms with van der Waals surface area (Å²) in [6, 6.07) is 19.0. The first-order valence-electron chi connectivity index (χ1n) is 8.98. The van der Waals surface area contributed by atoms with Crippen molar-refractivity contribution in [1.82, 2.24) is 5.32 Å². The second kappa shape index (κ2) is 10.1. The number of rotatable bonds is 9. The molecule has 1 amide bonds. The van der Waals surface area contributed by atoms with Crippen molar-refractivity contribution in [3.63, 3.8) is 0 Å². The minimum Gasteiger partial charge on any atom is -0.481 e. The number of amides is 1. The van der Waals surface area contributed by atoms with Gasteiger partial charge in [0.15, 0.2) is 6.10 Å². The fraction of sp³-hybridized carbons (Fsp3) is 0.227. The van der Waals surface area contributed by atoms with Crippen LogP contribution in [0.1, 0.15) is 23.8 Å². The number of benzene rings is 2. The van der Waals surface area contributed by atoms with E-state index in [1.165, 1.54) is 0 Å². The summed E-state index contributed by atoms with van der Waals surface area (Å²) in [6.45, 7) is 3.07. The molecular formula is C22H22BrNO4. The van der Waals surface area contributed by atoms with Gasteiger partial charge in [-0.2, -0.15) is 0 Å². The highest BCUT2D eigenvalue weighted by molar-refractivity contribution is 9.10. The first-order valence-corrected chi connectivity index (χ1v) is 9.77. The summed E-state index contributed by atoms with van der Waals surface area (Å²) in [5, 5.41) is 2.91. The van der Waals surface area contributed by atoms with Crippen LogP contribution in [-0.2, 0) is 29.3 Å². The molecule has 1 aromatic heterocycles. The van der Waals surface area contributed by atoms with Crippen LogP contribution in [-0.4, -0.2) is 12.0 Å². The average Bonchev–Trinajstić information content (AvgIpc) is 3.22. The lowest BCUT2D eigenvalue weighted by Crippen LogP contribution is -2.35. The van der Waals surface area contributed by atoms with E-state index in [9.17, 15) is 4.79 Å². The molecule has 28 heavy (non-hydrogen) atoms. The van der Waals surface area contributed by atoms with Crippen LogP contribution in [0.4, 0.5) is 0 Å². The lowest BCUT2D eigenvalue weighted by molar-refractivity contribution is -0.127. The average molecular weight is 444 g/mol. The topological polar surface area (TPSA) is 60.7 Å². The summed E-state index contributed by atoms with van der Waals surface area (Å²) in [6.07, 6.45) is 1.05. The van der Waals surface area contributed by atoms with Gasteiger partial charge in [-0.1, -0.05) is 40.2 Å². The van der Waals surface area contributed by atoms with Gasteiger partial charge in [-0.25, -0.2) is 0 Å². The highest BCUT2D eigenvalue weighted by atomic mass is 79.9. The second-order valence-corrected chi connectivity index (χ2v) is 7.24. The van der Waals surface area contributed by atoms with E-state index in [0.717, 1.165) is 21.4 Å². The Bertz CT molecular complexity index is 878. The molecule has 0 saturated heterocycles. The number of carbonyl (C=O) groups excluding carboxylic acids is 1. The minimum atomic E-state index is -0.582. The summed E-state index contributed by atoms with van der Waals surface area (Å²) in [5.41, 5.74) is 2.04. The molecule has 1 heterocycles. The largest absolute Gasteiger partial charge is 0.481 e. The maximum atomic E-state index is 12.3. The van der Waals surface area contributed by atoms with Crippen molar-refractivity contribution in [2.24, 2.45) is 0 Å². The normalized spacial score (nSPS) is 11.8. The van der Waals surface area contributed by atoms with E-state index in [1.54, 1.807) is 13.2 Å². The molecule has 2 aromatic carbocycles. The summed E-state index contributed by atoms with van der Waals surface area (Å²) < 4.78 is 17.5. The van der Waals surface area contributed by atoms with Crippen LogP contribution >= 0.6 is 15.9 Å². The Kier molecular flexibility index (Phi) is 7.28. The molecule has 0 spiro atoms. The monoisotopic (exact) mass is 443 g/mol. The van der Waals surface area contributed by atoms with E-state index < -0.39 is 6.10 Å². The highest BCUT2D eigenvalue weighted by Crippen LogP contribution is 2.17. The molecule has 146 valence electrons. The summed E-state index contributed by atoms with van der Waals surface area (Å²) in [4.78, 5) is 12.3. The Morgan fingerprint density at radius 1 is 1.07 bits per heavy atom. The van der Waals surface area contributed by atoms with Gasteiger partial charge in [-0.15, -0.1) is 0 Å². The standard InChI is InChI=1S/C22H22BrNO4/c1-16(28-20-9-7-19(23)8-10-20)22(25)24-13-17-4-2-5-18(12-17)14-26-15-21-6-3-11-27-21/h2-12,16H,13-15H2,1H3,(H,24,25). The van der Waals surface area contributed by atoms with Crippen molar-refractivity contribution in [2.45, 2.75) is 32.8 Å². The third-order valence-corrected chi connectivity index (χ3v) is 4.58. The van der Waals surface area contributed by atoms with Crippen molar-refractivity contribution in [2.75, 3.05) is 0 Å². The Labute approximate surface area is 172 Å². The molecule has 0 aliphatic rings. The zero-order chi connectivity index (χ0) is 19.8. The third kappa shape index (κ3) is 6.25. The molecule has 5 nitrogen and oxygen atoms in total. The minimum absolute atomic E-state index is 0.164. The van der Waals surface area contributed by atoms with E-state index >= 15 is 0 Å². The Balaban J connectivity index is 1.45. The van der Waals surface area contributed by atoms with Gasteiger partial charge >= 0.3 is 0 Å². The quantitative estimate of drug-likeness (QED) is 0.513. The van der Waals surface area contributed by atoms with Crippen LogP contribution in [0.2, 0.25) is 0 Å². The fourth-order valence-electron chi connectivity index (χ4n) is 2.60. The molecule has 6 heteroatoms. The number of nitrogens with one attached hydrogen (secondary N) is 1.